The maximum atomic E-state index is 12.8. The van der Waals surface area contributed by atoms with Crippen molar-refractivity contribution >= 4 is 29.3 Å². The first-order chi connectivity index (χ1) is 8.88. The number of carbonyl (C=O) groups is 2. The number of halogens is 2. The molecule has 1 aromatic rings. The minimum absolute atomic E-state index is 0.00522. The summed E-state index contributed by atoms with van der Waals surface area (Å²) in [5, 5.41) is 10.8. The number of carbonyl (C=O) groups excluding carboxylic acids is 1. The molecule has 5 nitrogen and oxygen atoms in total. The van der Waals surface area contributed by atoms with Gasteiger partial charge < -0.3 is 16.2 Å². The Morgan fingerprint density at radius 3 is 2.42 bits per heavy atom. The van der Waals surface area contributed by atoms with E-state index in [9.17, 15) is 18.4 Å². The average molecular weight is 290 g/mol. The van der Waals surface area contributed by atoms with Crippen LogP contribution in [0.3, 0.4) is 0 Å². The molecule has 0 aliphatic heterocycles. The Kier molecular flexibility index (Phi) is 5.71. The summed E-state index contributed by atoms with van der Waals surface area (Å²) < 4.78 is 25.7. The van der Waals surface area contributed by atoms with Crippen LogP contribution in [0.15, 0.2) is 18.2 Å². The number of carboxylic acids is 1. The van der Waals surface area contributed by atoms with E-state index in [0.29, 0.717) is 6.07 Å². The van der Waals surface area contributed by atoms with Gasteiger partial charge in [-0.2, -0.15) is 0 Å². The molecule has 0 aliphatic carbocycles. The van der Waals surface area contributed by atoms with Crippen LogP contribution in [0.25, 0.3) is 0 Å². The minimum Gasteiger partial charge on any atom is -0.480 e. The number of nitrogens with two attached hydrogens (primary N) is 1. The van der Waals surface area contributed by atoms with E-state index in [4.69, 9.17) is 10.8 Å². The van der Waals surface area contributed by atoms with Gasteiger partial charge in [-0.3, -0.25) is 9.59 Å². The van der Waals surface area contributed by atoms with Crippen molar-refractivity contribution in [1.29, 1.82) is 0 Å². The van der Waals surface area contributed by atoms with E-state index in [-0.39, 0.29) is 17.2 Å². The molecule has 0 saturated carbocycles. The molecule has 0 aliphatic rings. The van der Waals surface area contributed by atoms with E-state index in [2.05, 4.69) is 5.32 Å². The summed E-state index contributed by atoms with van der Waals surface area (Å²) in [6.45, 7) is 0. The van der Waals surface area contributed by atoms with Crippen molar-refractivity contribution in [3.05, 3.63) is 29.8 Å². The van der Waals surface area contributed by atoms with Crippen LogP contribution in [0.1, 0.15) is 0 Å². The van der Waals surface area contributed by atoms with Crippen molar-refractivity contribution in [2.75, 3.05) is 16.8 Å². The standard InChI is InChI=1S/C11H12F2N2O3S/c12-6-1-7(13)3-8(2-6)15-10(16)5-19-4-9(14)11(17)18/h1-3,9H,4-5,14H2,(H,15,16)(H,17,18)/t9-/m1/s1. The number of anilines is 1. The van der Waals surface area contributed by atoms with E-state index in [1.165, 1.54) is 0 Å². The van der Waals surface area contributed by atoms with E-state index >= 15 is 0 Å². The third-order valence-corrected chi connectivity index (χ3v) is 3.06. The van der Waals surface area contributed by atoms with Gasteiger partial charge in [-0.25, -0.2) is 8.78 Å². The topological polar surface area (TPSA) is 92.4 Å². The van der Waals surface area contributed by atoms with Gasteiger partial charge in [0.25, 0.3) is 0 Å². The van der Waals surface area contributed by atoms with Gasteiger partial charge in [0.05, 0.1) is 5.75 Å². The van der Waals surface area contributed by atoms with Crippen LogP contribution in [0, 0.1) is 11.6 Å². The Morgan fingerprint density at radius 2 is 1.89 bits per heavy atom. The molecule has 104 valence electrons. The van der Waals surface area contributed by atoms with Crippen LogP contribution in [0.4, 0.5) is 14.5 Å². The molecule has 0 radical (unpaired) electrons. The average Bonchev–Trinajstić information content (AvgIpc) is 2.26. The molecule has 1 aromatic carbocycles. The van der Waals surface area contributed by atoms with Gasteiger partial charge in [0.15, 0.2) is 0 Å². The zero-order valence-corrected chi connectivity index (χ0v) is 10.5. The fourth-order valence-corrected chi connectivity index (χ4v) is 1.94. The molecule has 8 heteroatoms. The van der Waals surface area contributed by atoms with E-state index in [1.54, 1.807) is 0 Å². The molecule has 4 N–H and O–H groups in total. The van der Waals surface area contributed by atoms with Gasteiger partial charge >= 0.3 is 5.97 Å². The first-order valence-electron chi connectivity index (χ1n) is 5.20. The monoisotopic (exact) mass is 290 g/mol. The second kappa shape index (κ2) is 7.05. The number of hydrogen-bond donors (Lipinski definition) is 3. The summed E-state index contributed by atoms with van der Waals surface area (Å²) in [6, 6.07) is 1.60. The second-order valence-electron chi connectivity index (χ2n) is 3.67. The molecule has 0 bridgehead atoms. The largest absolute Gasteiger partial charge is 0.480 e. The predicted octanol–water partition coefficient (Wildman–Crippen LogP) is 1.05. The van der Waals surface area contributed by atoms with Crippen LogP contribution < -0.4 is 11.1 Å². The Morgan fingerprint density at radius 1 is 1.32 bits per heavy atom. The van der Waals surface area contributed by atoms with E-state index < -0.39 is 29.6 Å². The number of aliphatic carboxylic acids is 1. The molecular formula is C11H12F2N2O3S. The number of hydrogen-bond acceptors (Lipinski definition) is 4. The summed E-state index contributed by atoms with van der Waals surface area (Å²) >= 11 is 1.02. The lowest BCUT2D eigenvalue weighted by atomic mass is 10.3. The summed E-state index contributed by atoms with van der Waals surface area (Å²) in [5.74, 6) is -3.22. The Bertz CT molecular complexity index is 465. The summed E-state index contributed by atoms with van der Waals surface area (Å²) in [6.07, 6.45) is 0. The van der Waals surface area contributed by atoms with Gasteiger partial charge in [0.1, 0.15) is 17.7 Å². The molecule has 0 saturated heterocycles. The number of amides is 1. The van der Waals surface area contributed by atoms with Gasteiger partial charge in [-0.1, -0.05) is 0 Å². The fraction of sp³-hybridized carbons (Fsp3) is 0.273. The summed E-state index contributed by atoms with van der Waals surface area (Å²) in [5.41, 5.74) is 5.25. The van der Waals surface area contributed by atoms with Crippen LogP contribution in [-0.2, 0) is 9.59 Å². The predicted molar refractivity (Wildman–Crippen MR) is 67.9 cm³/mol. The van der Waals surface area contributed by atoms with E-state index in [0.717, 1.165) is 23.9 Å². The summed E-state index contributed by atoms with van der Waals surface area (Å²) in [4.78, 5) is 21.8. The molecule has 1 rings (SSSR count). The Labute approximate surface area is 112 Å². The molecular weight excluding hydrogens is 278 g/mol. The van der Waals surface area contributed by atoms with Gasteiger partial charge in [-0.05, 0) is 12.1 Å². The number of nitrogens with one attached hydrogen (secondary N) is 1. The zero-order valence-electron chi connectivity index (χ0n) is 9.73. The highest BCUT2D eigenvalue weighted by molar-refractivity contribution is 8.00. The maximum absolute atomic E-state index is 12.8. The zero-order chi connectivity index (χ0) is 14.4. The van der Waals surface area contributed by atoms with Gasteiger partial charge in [-0.15, -0.1) is 11.8 Å². The highest BCUT2D eigenvalue weighted by atomic mass is 32.2. The highest BCUT2D eigenvalue weighted by Crippen LogP contribution is 2.13. The number of carboxylic acid groups (broad SMARTS) is 1. The first-order valence-corrected chi connectivity index (χ1v) is 6.36. The molecule has 0 aromatic heterocycles. The van der Waals surface area contributed by atoms with Crippen molar-refractivity contribution in [2.24, 2.45) is 5.73 Å². The van der Waals surface area contributed by atoms with Crippen molar-refractivity contribution in [1.82, 2.24) is 0 Å². The Balaban J connectivity index is 2.41. The third-order valence-electron chi connectivity index (χ3n) is 1.99. The van der Waals surface area contributed by atoms with Crippen molar-refractivity contribution < 1.29 is 23.5 Å². The van der Waals surface area contributed by atoms with E-state index in [1.807, 2.05) is 0 Å². The fourth-order valence-electron chi connectivity index (χ4n) is 1.17. The van der Waals surface area contributed by atoms with Crippen LogP contribution >= 0.6 is 11.8 Å². The molecule has 1 atom stereocenters. The lowest BCUT2D eigenvalue weighted by Crippen LogP contribution is -2.33. The SMILES string of the molecule is N[C@H](CSCC(=O)Nc1cc(F)cc(F)c1)C(=O)O. The molecule has 0 fully saturated rings. The summed E-state index contributed by atoms with van der Waals surface area (Å²) in [7, 11) is 0. The second-order valence-corrected chi connectivity index (χ2v) is 4.70. The molecule has 1 amide bonds. The van der Waals surface area contributed by atoms with Crippen molar-refractivity contribution in [2.45, 2.75) is 6.04 Å². The van der Waals surface area contributed by atoms with Crippen LogP contribution in [0.5, 0.6) is 0 Å². The quantitative estimate of drug-likeness (QED) is 0.728. The van der Waals surface area contributed by atoms with Crippen molar-refractivity contribution in [3.8, 4) is 0 Å². The number of thioether (sulfide) groups is 1. The lowest BCUT2D eigenvalue weighted by Gasteiger charge is -2.07. The van der Waals surface area contributed by atoms with Crippen LogP contribution in [0.2, 0.25) is 0 Å². The van der Waals surface area contributed by atoms with Gasteiger partial charge in [0.2, 0.25) is 5.91 Å². The highest BCUT2D eigenvalue weighted by Gasteiger charge is 2.12. The molecule has 19 heavy (non-hydrogen) atoms. The minimum atomic E-state index is -1.15. The van der Waals surface area contributed by atoms with Gasteiger partial charge in [0, 0.05) is 17.5 Å². The van der Waals surface area contributed by atoms with Crippen molar-refractivity contribution in [3.63, 3.8) is 0 Å². The lowest BCUT2D eigenvalue weighted by molar-refractivity contribution is -0.137. The number of benzene rings is 1. The third kappa shape index (κ3) is 5.66. The normalized spacial score (nSPS) is 11.9. The molecule has 0 unspecified atom stereocenters. The smallest absolute Gasteiger partial charge is 0.321 e. The van der Waals surface area contributed by atoms with Crippen LogP contribution in [-0.4, -0.2) is 34.5 Å². The maximum Gasteiger partial charge on any atom is 0.321 e. The Hall–Kier alpha value is -1.67. The molecule has 0 spiro atoms. The number of rotatable bonds is 6. The molecule has 0 heterocycles. The first kappa shape index (κ1) is 15.4.